The predicted octanol–water partition coefficient (Wildman–Crippen LogP) is 4.69. The number of aromatic nitrogens is 2. The van der Waals surface area contributed by atoms with E-state index in [9.17, 15) is 18.4 Å². The quantitative estimate of drug-likeness (QED) is 0.425. The summed E-state index contributed by atoms with van der Waals surface area (Å²) in [5.74, 6) is -0.867. The van der Waals surface area contributed by atoms with Gasteiger partial charge < -0.3 is 0 Å². The van der Waals surface area contributed by atoms with Gasteiger partial charge in [0.05, 0.1) is 17.7 Å². The van der Waals surface area contributed by atoms with Crippen LogP contribution in [0.3, 0.4) is 0 Å². The standard InChI is InChI=1S/C23H14F2N2O2S/c24-15-8-10-17(11-9-15)27-22(28)21-20(18-6-1-2-7-19(18)30-21)26(23(27)29)13-14-4-3-5-16(25)12-14/h1-12H,13H2. The molecule has 0 aliphatic rings. The Hall–Kier alpha value is -3.58. The molecular formula is C23H14F2N2O2S. The first-order chi connectivity index (χ1) is 14.5. The summed E-state index contributed by atoms with van der Waals surface area (Å²) in [6.45, 7) is 0.0926. The molecule has 5 rings (SSSR count). The van der Waals surface area contributed by atoms with E-state index >= 15 is 0 Å². The van der Waals surface area contributed by atoms with Crippen LogP contribution in [0.15, 0.2) is 82.4 Å². The van der Waals surface area contributed by atoms with Crippen molar-refractivity contribution in [3.63, 3.8) is 0 Å². The largest absolute Gasteiger partial charge is 0.336 e. The van der Waals surface area contributed by atoms with Gasteiger partial charge in [-0.25, -0.2) is 18.1 Å². The van der Waals surface area contributed by atoms with Gasteiger partial charge in [0.25, 0.3) is 5.56 Å². The maximum atomic E-state index is 13.7. The maximum Gasteiger partial charge on any atom is 0.336 e. The van der Waals surface area contributed by atoms with Gasteiger partial charge >= 0.3 is 5.69 Å². The molecule has 4 nitrogen and oxygen atoms in total. The highest BCUT2D eigenvalue weighted by molar-refractivity contribution is 7.25. The second kappa shape index (κ2) is 7.03. The summed E-state index contributed by atoms with van der Waals surface area (Å²) in [5, 5.41) is 0.786. The number of benzene rings is 3. The summed E-state index contributed by atoms with van der Waals surface area (Å²) in [4.78, 5) is 26.7. The van der Waals surface area contributed by atoms with Gasteiger partial charge in [0.2, 0.25) is 0 Å². The topological polar surface area (TPSA) is 44.0 Å². The maximum absolute atomic E-state index is 13.7. The fourth-order valence-corrected chi connectivity index (χ4v) is 4.77. The van der Waals surface area contributed by atoms with E-state index < -0.39 is 22.9 Å². The highest BCUT2D eigenvalue weighted by Gasteiger charge is 2.19. The molecule has 0 saturated carbocycles. The SMILES string of the molecule is O=c1c2sc3ccccc3c2n(Cc2cccc(F)c2)c(=O)n1-c1ccc(F)cc1. The highest BCUT2D eigenvalue weighted by atomic mass is 32.1. The minimum atomic E-state index is -0.563. The number of halogens is 2. The van der Waals surface area contributed by atoms with Gasteiger partial charge in [-0.3, -0.25) is 9.36 Å². The average Bonchev–Trinajstić information content (AvgIpc) is 3.13. The Morgan fingerprint density at radius 3 is 2.37 bits per heavy atom. The number of rotatable bonds is 3. The molecule has 30 heavy (non-hydrogen) atoms. The molecule has 0 amide bonds. The summed E-state index contributed by atoms with van der Waals surface area (Å²) in [6.07, 6.45) is 0. The molecule has 0 aliphatic heterocycles. The fourth-order valence-electron chi connectivity index (χ4n) is 3.63. The van der Waals surface area contributed by atoms with Crippen LogP contribution < -0.4 is 11.2 Å². The minimum absolute atomic E-state index is 0.0926. The molecule has 0 N–H and O–H groups in total. The second-order valence-corrected chi connectivity index (χ2v) is 7.94. The zero-order valence-corrected chi connectivity index (χ0v) is 16.3. The van der Waals surface area contributed by atoms with Crippen molar-refractivity contribution < 1.29 is 8.78 Å². The van der Waals surface area contributed by atoms with Crippen LogP contribution in [-0.2, 0) is 6.54 Å². The van der Waals surface area contributed by atoms with Gasteiger partial charge in [-0.05, 0) is 48.0 Å². The highest BCUT2D eigenvalue weighted by Crippen LogP contribution is 2.31. The number of nitrogens with zero attached hydrogens (tertiary/aromatic N) is 2. The Labute approximate surface area is 172 Å². The van der Waals surface area contributed by atoms with E-state index in [0.717, 1.165) is 14.7 Å². The summed E-state index contributed by atoms with van der Waals surface area (Å²) in [5.41, 5.74) is 0.371. The molecule has 0 bridgehead atoms. The number of fused-ring (bicyclic) bond motifs is 3. The molecule has 7 heteroatoms. The van der Waals surface area contributed by atoms with Crippen LogP contribution in [0, 0.1) is 11.6 Å². The molecular weight excluding hydrogens is 406 g/mol. The van der Waals surface area contributed by atoms with Crippen LogP contribution in [-0.4, -0.2) is 9.13 Å². The Morgan fingerprint density at radius 2 is 1.60 bits per heavy atom. The fraction of sp³-hybridized carbons (Fsp3) is 0.0435. The molecule has 2 aromatic heterocycles. The summed E-state index contributed by atoms with van der Waals surface area (Å²) < 4.78 is 30.9. The van der Waals surface area contributed by atoms with E-state index in [4.69, 9.17) is 0 Å². The third-order valence-electron chi connectivity index (χ3n) is 4.97. The molecule has 148 valence electrons. The van der Waals surface area contributed by atoms with Crippen LogP contribution in [0.4, 0.5) is 8.78 Å². The third kappa shape index (κ3) is 2.95. The Balaban J connectivity index is 1.89. The predicted molar refractivity (Wildman–Crippen MR) is 115 cm³/mol. The third-order valence-corrected chi connectivity index (χ3v) is 6.12. The van der Waals surface area contributed by atoms with Crippen molar-refractivity contribution in [1.82, 2.24) is 9.13 Å². The minimum Gasteiger partial charge on any atom is -0.287 e. The van der Waals surface area contributed by atoms with Crippen molar-refractivity contribution in [1.29, 1.82) is 0 Å². The smallest absolute Gasteiger partial charge is 0.287 e. The monoisotopic (exact) mass is 420 g/mol. The van der Waals surface area contributed by atoms with E-state index in [1.807, 2.05) is 24.3 Å². The number of hydrogen-bond donors (Lipinski definition) is 0. The zero-order chi connectivity index (χ0) is 20.8. The number of hydrogen-bond acceptors (Lipinski definition) is 3. The van der Waals surface area contributed by atoms with Crippen molar-refractivity contribution in [3.8, 4) is 5.69 Å². The lowest BCUT2D eigenvalue weighted by molar-refractivity contribution is 0.622. The first kappa shape index (κ1) is 18.4. The molecule has 0 spiro atoms. The van der Waals surface area contributed by atoms with Crippen LogP contribution in [0.5, 0.6) is 0 Å². The van der Waals surface area contributed by atoms with Gasteiger partial charge in [-0.2, -0.15) is 0 Å². The molecule has 0 unspecified atom stereocenters. The first-order valence-electron chi connectivity index (χ1n) is 9.20. The van der Waals surface area contributed by atoms with E-state index in [0.29, 0.717) is 15.8 Å². The van der Waals surface area contributed by atoms with Crippen molar-refractivity contribution in [2.45, 2.75) is 6.54 Å². The van der Waals surface area contributed by atoms with Crippen molar-refractivity contribution in [3.05, 3.63) is 111 Å². The van der Waals surface area contributed by atoms with E-state index in [2.05, 4.69) is 0 Å². The second-order valence-electron chi connectivity index (χ2n) is 6.89. The van der Waals surface area contributed by atoms with Gasteiger partial charge in [0.15, 0.2) is 0 Å². The summed E-state index contributed by atoms with van der Waals surface area (Å²) in [6, 6.07) is 18.6. The van der Waals surface area contributed by atoms with Crippen molar-refractivity contribution in [2.75, 3.05) is 0 Å². The van der Waals surface area contributed by atoms with Crippen molar-refractivity contribution in [2.24, 2.45) is 0 Å². The number of thiophene rings is 1. The molecule has 5 aromatic rings. The lowest BCUT2D eigenvalue weighted by atomic mass is 10.2. The van der Waals surface area contributed by atoms with E-state index in [1.165, 1.54) is 52.3 Å². The van der Waals surface area contributed by atoms with Crippen molar-refractivity contribution >= 4 is 31.6 Å². The molecule has 0 atom stereocenters. The van der Waals surface area contributed by atoms with Crippen LogP contribution in [0.1, 0.15) is 5.56 Å². The molecule has 0 aliphatic carbocycles. The Kier molecular flexibility index (Phi) is 4.33. The molecule has 0 fully saturated rings. The molecule has 3 aromatic carbocycles. The van der Waals surface area contributed by atoms with Gasteiger partial charge in [0, 0.05) is 10.1 Å². The van der Waals surface area contributed by atoms with E-state index in [1.54, 1.807) is 12.1 Å². The lowest BCUT2D eigenvalue weighted by Gasteiger charge is -2.13. The van der Waals surface area contributed by atoms with Gasteiger partial charge in [-0.1, -0.05) is 30.3 Å². The normalized spacial score (nSPS) is 11.4. The van der Waals surface area contributed by atoms with Crippen LogP contribution in [0.25, 0.3) is 26.0 Å². The molecule has 0 saturated heterocycles. The molecule has 0 radical (unpaired) electrons. The Morgan fingerprint density at radius 1 is 0.833 bits per heavy atom. The Bertz CT molecular complexity index is 1530. The average molecular weight is 420 g/mol. The first-order valence-corrected chi connectivity index (χ1v) is 10.0. The van der Waals surface area contributed by atoms with E-state index in [-0.39, 0.29) is 12.2 Å². The summed E-state index contributed by atoms with van der Waals surface area (Å²) in [7, 11) is 0. The zero-order valence-electron chi connectivity index (χ0n) is 15.5. The molecule has 2 heterocycles. The van der Waals surface area contributed by atoms with Crippen LogP contribution >= 0.6 is 11.3 Å². The van der Waals surface area contributed by atoms with Gasteiger partial charge in [-0.15, -0.1) is 11.3 Å². The lowest BCUT2D eigenvalue weighted by Crippen LogP contribution is -2.38. The van der Waals surface area contributed by atoms with Gasteiger partial charge in [0.1, 0.15) is 16.3 Å². The van der Waals surface area contributed by atoms with Crippen LogP contribution in [0.2, 0.25) is 0 Å². The summed E-state index contributed by atoms with van der Waals surface area (Å²) >= 11 is 1.30.